The first-order valence-electron chi connectivity index (χ1n) is 5.44. The van der Waals surface area contributed by atoms with Crippen molar-refractivity contribution in [2.45, 2.75) is 13.0 Å². The third-order valence-electron chi connectivity index (χ3n) is 2.52. The van der Waals surface area contributed by atoms with Crippen molar-refractivity contribution < 1.29 is 4.42 Å². The molecule has 0 aliphatic rings. The quantitative estimate of drug-likeness (QED) is 0.765. The molecule has 4 heteroatoms. The van der Waals surface area contributed by atoms with Gasteiger partial charge in [0.1, 0.15) is 5.76 Å². The van der Waals surface area contributed by atoms with E-state index >= 15 is 0 Å². The summed E-state index contributed by atoms with van der Waals surface area (Å²) >= 11 is 5.82. The van der Waals surface area contributed by atoms with Crippen LogP contribution in [0, 0.1) is 3.57 Å². The molecule has 1 N–H and O–H groups in total. The molecule has 1 aromatic heterocycles. The van der Waals surface area contributed by atoms with Crippen LogP contribution in [0.25, 0.3) is 0 Å². The summed E-state index contributed by atoms with van der Waals surface area (Å²) in [5, 5.41) is 3.44. The Labute approximate surface area is 123 Å². The van der Waals surface area contributed by atoms with Gasteiger partial charge in [0, 0.05) is 3.57 Å². The van der Waals surface area contributed by atoms with E-state index in [0.29, 0.717) is 0 Å². The Morgan fingerprint density at radius 2 is 2.00 bits per heavy atom. The van der Waals surface area contributed by atoms with Crippen molar-refractivity contribution in [1.29, 1.82) is 0 Å². The summed E-state index contributed by atoms with van der Waals surface area (Å²) in [6.45, 7) is 2.99. The van der Waals surface area contributed by atoms with Crippen molar-refractivity contribution in [3.63, 3.8) is 0 Å². The molecule has 0 bridgehead atoms. The molecule has 0 aliphatic heterocycles. The maximum atomic E-state index is 5.55. The number of hydrogen-bond acceptors (Lipinski definition) is 2. The molecule has 2 aromatic rings. The number of rotatable bonds is 4. The van der Waals surface area contributed by atoms with E-state index < -0.39 is 0 Å². The van der Waals surface area contributed by atoms with E-state index in [-0.39, 0.29) is 6.04 Å². The maximum Gasteiger partial charge on any atom is 0.139 e. The van der Waals surface area contributed by atoms with Crippen LogP contribution in [0.3, 0.4) is 0 Å². The lowest BCUT2D eigenvalue weighted by Gasteiger charge is -2.16. The van der Waals surface area contributed by atoms with Crippen LogP contribution < -0.4 is 5.32 Å². The zero-order valence-electron chi connectivity index (χ0n) is 9.41. The number of furan rings is 1. The van der Waals surface area contributed by atoms with Crippen LogP contribution in [0.1, 0.15) is 24.3 Å². The van der Waals surface area contributed by atoms with E-state index in [4.69, 9.17) is 4.42 Å². The van der Waals surface area contributed by atoms with E-state index in [1.165, 1.54) is 9.13 Å². The summed E-state index contributed by atoms with van der Waals surface area (Å²) in [6.07, 6.45) is 1.70. The summed E-state index contributed by atoms with van der Waals surface area (Å²) < 4.78 is 7.79. The Kier molecular flexibility index (Phi) is 4.64. The molecule has 0 spiro atoms. The molecule has 90 valence electrons. The highest BCUT2D eigenvalue weighted by Crippen LogP contribution is 2.29. The highest BCUT2D eigenvalue weighted by molar-refractivity contribution is 14.1. The lowest BCUT2D eigenvalue weighted by atomic mass is 10.0. The summed E-state index contributed by atoms with van der Waals surface area (Å²) in [5.41, 5.74) is 1.21. The van der Waals surface area contributed by atoms with Crippen molar-refractivity contribution in [2.24, 2.45) is 0 Å². The van der Waals surface area contributed by atoms with Gasteiger partial charge in [0.15, 0.2) is 0 Å². The van der Waals surface area contributed by atoms with Crippen molar-refractivity contribution >= 4 is 38.5 Å². The van der Waals surface area contributed by atoms with Crippen molar-refractivity contribution in [1.82, 2.24) is 5.32 Å². The van der Waals surface area contributed by atoms with Gasteiger partial charge in [0.25, 0.3) is 0 Å². The van der Waals surface area contributed by atoms with Gasteiger partial charge < -0.3 is 9.73 Å². The predicted octanol–water partition coefficient (Wildman–Crippen LogP) is 4.35. The van der Waals surface area contributed by atoms with Gasteiger partial charge in [-0.1, -0.05) is 19.1 Å². The second-order valence-corrected chi connectivity index (χ2v) is 5.77. The van der Waals surface area contributed by atoms with Crippen LogP contribution in [-0.2, 0) is 0 Å². The number of hydrogen-bond donors (Lipinski definition) is 1. The zero-order chi connectivity index (χ0) is 12.3. The summed E-state index contributed by atoms with van der Waals surface area (Å²) in [4.78, 5) is 0. The van der Waals surface area contributed by atoms with Crippen LogP contribution >= 0.6 is 38.5 Å². The first kappa shape index (κ1) is 13.1. The smallest absolute Gasteiger partial charge is 0.139 e. The van der Waals surface area contributed by atoms with Gasteiger partial charge in [-0.05, 0) is 68.8 Å². The second kappa shape index (κ2) is 6.02. The third-order valence-corrected chi connectivity index (χ3v) is 3.89. The minimum atomic E-state index is 0.0985. The lowest BCUT2D eigenvalue weighted by Crippen LogP contribution is -2.21. The van der Waals surface area contributed by atoms with Crippen LogP contribution in [0.15, 0.2) is 45.5 Å². The standard InChI is InChI=1S/C13H13BrINO/c1-2-16-12(13-11(14)7-8-17-13)9-3-5-10(15)6-4-9/h3-8,12,16H,2H2,1H3. The number of halogens is 2. The van der Waals surface area contributed by atoms with Crippen LogP contribution in [0.2, 0.25) is 0 Å². The monoisotopic (exact) mass is 405 g/mol. The molecule has 0 saturated carbocycles. The van der Waals surface area contributed by atoms with Gasteiger partial charge in [-0.25, -0.2) is 0 Å². The van der Waals surface area contributed by atoms with Crippen molar-refractivity contribution in [2.75, 3.05) is 6.54 Å². The molecule has 2 nitrogen and oxygen atoms in total. The molecule has 0 saturated heterocycles. The van der Waals surface area contributed by atoms with Crippen LogP contribution in [0.4, 0.5) is 0 Å². The summed E-state index contributed by atoms with van der Waals surface area (Å²) in [5.74, 6) is 0.924. The topological polar surface area (TPSA) is 25.2 Å². The molecule has 0 fully saturated rings. The van der Waals surface area contributed by atoms with E-state index in [1.807, 2.05) is 6.07 Å². The van der Waals surface area contributed by atoms with Gasteiger partial charge in [0.2, 0.25) is 0 Å². The molecule has 0 aliphatic carbocycles. The first-order valence-corrected chi connectivity index (χ1v) is 7.31. The Hall–Kier alpha value is -0.330. The number of benzene rings is 1. The minimum absolute atomic E-state index is 0.0985. The fourth-order valence-electron chi connectivity index (χ4n) is 1.73. The zero-order valence-corrected chi connectivity index (χ0v) is 13.2. The third kappa shape index (κ3) is 3.11. The second-order valence-electron chi connectivity index (χ2n) is 3.68. The van der Waals surface area contributed by atoms with Gasteiger partial charge in [-0.2, -0.15) is 0 Å². The summed E-state index contributed by atoms with van der Waals surface area (Å²) in [6, 6.07) is 10.5. The molecule has 2 rings (SSSR count). The Bertz CT molecular complexity index is 480. The average Bonchev–Trinajstić information content (AvgIpc) is 2.74. The largest absolute Gasteiger partial charge is 0.466 e. The predicted molar refractivity (Wildman–Crippen MR) is 81.1 cm³/mol. The van der Waals surface area contributed by atoms with Gasteiger partial charge >= 0.3 is 0 Å². The van der Waals surface area contributed by atoms with E-state index in [2.05, 4.69) is 75.0 Å². The van der Waals surface area contributed by atoms with Crippen molar-refractivity contribution in [3.8, 4) is 0 Å². The summed E-state index contributed by atoms with van der Waals surface area (Å²) in [7, 11) is 0. The normalized spacial score (nSPS) is 12.6. The fourth-order valence-corrected chi connectivity index (χ4v) is 2.52. The lowest BCUT2D eigenvalue weighted by molar-refractivity contribution is 0.450. The molecule has 0 radical (unpaired) electrons. The Morgan fingerprint density at radius 1 is 1.29 bits per heavy atom. The fraction of sp³-hybridized carbons (Fsp3) is 0.231. The highest BCUT2D eigenvalue weighted by Gasteiger charge is 2.18. The first-order chi connectivity index (χ1) is 8.22. The van der Waals surface area contributed by atoms with E-state index in [9.17, 15) is 0 Å². The molecular formula is C13H13BrINO. The minimum Gasteiger partial charge on any atom is -0.466 e. The Balaban J connectivity index is 2.35. The maximum absolute atomic E-state index is 5.55. The highest BCUT2D eigenvalue weighted by atomic mass is 127. The average molecular weight is 406 g/mol. The van der Waals surface area contributed by atoms with Gasteiger partial charge in [-0.3, -0.25) is 0 Å². The van der Waals surface area contributed by atoms with Crippen LogP contribution in [0.5, 0.6) is 0 Å². The molecule has 0 amide bonds. The molecule has 1 atom stereocenters. The SMILES string of the molecule is CCNC(c1ccc(I)cc1)c1occc1Br. The molecule has 1 unspecified atom stereocenters. The molecular weight excluding hydrogens is 393 g/mol. The molecule has 17 heavy (non-hydrogen) atoms. The molecule has 1 aromatic carbocycles. The van der Waals surface area contributed by atoms with Gasteiger partial charge in [-0.15, -0.1) is 0 Å². The number of nitrogens with one attached hydrogen (secondary N) is 1. The van der Waals surface area contributed by atoms with Gasteiger partial charge in [0.05, 0.1) is 16.8 Å². The van der Waals surface area contributed by atoms with Crippen molar-refractivity contribution in [3.05, 3.63) is 56.0 Å². The molecule has 1 heterocycles. The van der Waals surface area contributed by atoms with Crippen LogP contribution in [-0.4, -0.2) is 6.54 Å². The Morgan fingerprint density at radius 3 is 2.53 bits per heavy atom. The van der Waals surface area contributed by atoms with E-state index in [1.54, 1.807) is 6.26 Å². The van der Waals surface area contributed by atoms with E-state index in [0.717, 1.165) is 16.8 Å².